The van der Waals surface area contributed by atoms with Crippen molar-refractivity contribution in [3.8, 4) is 0 Å². The van der Waals surface area contributed by atoms with Crippen molar-refractivity contribution in [2.75, 3.05) is 64.1 Å². The molecule has 0 N–H and O–H groups in total. The van der Waals surface area contributed by atoms with Gasteiger partial charge in [-0.05, 0) is 31.0 Å². The molecule has 4 nitrogen and oxygen atoms in total. The van der Waals surface area contributed by atoms with Gasteiger partial charge in [0.1, 0.15) is 0 Å². The Morgan fingerprint density at radius 2 is 1.68 bits per heavy atom. The summed E-state index contributed by atoms with van der Waals surface area (Å²) in [7, 11) is 0. The van der Waals surface area contributed by atoms with Gasteiger partial charge in [-0.2, -0.15) is 0 Å². The van der Waals surface area contributed by atoms with Gasteiger partial charge in [0, 0.05) is 44.3 Å². The summed E-state index contributed by atoms with van der Waals surface area (Å²) in [4.78, 5) is 5.09. The molecule has 0 spiro atoms. The van der Waals surface area contributed by atoms with Crippen molar-refractivity contribution in [3.05, 3.63) is 29.3 Å². The Labute approximate surface area is 134 Å². The van der Waals surface area contributed by atoms with Crippen molar-refractivity contribution in [1.29, 1.82) is 0 Å². The largest absolute Gasteiger partial charge is 0.379 e. The third-order valence-corrected chi connectivity index (χ3v) is 4.67. The van der Waals surface area contributed by atoms with Crippen LogP contribution in [-0.4, -0.2) is 64.1 Å². The molecular formula is C18H28N2O2. The van der Waals surface area contributed by atoms with Crippen LogP contribution in [0.1, 0.15) is 11.1 Å². The number of anilines is 1. The molecule has 0 bridgehead atoms. The second kappa shape index (κ2) is 7.44. The summed E-state index contributed by atoms with van der Waals surface area (Å²) in [6, 6.07) is 6.75. The van der Waals surface area contributed by atoms with Gasteiger partial charge < -0.3 is 14.4 Å². The summed E-state index contributed by atoms with van der Waals surface area (Å²) in [6.07, 6.45) is 0. The van der Waals surface area contributed by atoms with E-state index < -0.39 is 0 Å². The van der Waals surface area contributed by atoms with E-state index in [1.54, 1.807) is 0 Å². The molecule has 0 amide bonds. The Balaban J connectivity index is 1.52. The lowest BCUT2D eigenvalue weighted by atomic mass is 10.1. The van der Waals surface area contributed by atoms with Crippen molar-refractivity contribution in [2.45, 2.75) is 13.8 Å². The number of aryl methyl sites for hydroxylation is 2. The van der Waals surface area contributed by atoms with E-state index in [-0.39, 0.29) is 0 Å². The van der Waals surface area contributed by atoms with Crippen molar-refractivity contribution in [2.24, 2.45) is 5.92 Å². The molecule has 0 aromatic heterocycles. The number of hydrogen-bond donors (Lipinski definition) is 0. The first kappa shape index (κ1) is 15.8. The first-order chi connectivity index (χ1) is 10.7. The molecule has 2 fully saturated rings. The fourth-order valence-corrected chi connectivity index (χ4v) is 3.37. The van der Waals surface area contributed by atoms with Gasteiger partial charge in [0.2, 0.25) is 0 Å². The van der Waals surface area contributed by atoms with Gasteiger partial charge in [0.15, 0.2) is 0 Å². The lowest BCUT2D eigenvalue weighted by Gasteiger charge is -2.38. The molecule has 2 heterocycles. The minimum Gasteiger partial charge on any atom is -0.379 e. The third kappa shape index (κ3) is 4.00. The highest BCUT2D eigenvalue weighted by atomic mass is 16.5. The summed E-state index contributed by atoms with van der Waals surface area (Å²) in [6.45, 7) is 13.1. The first-order valence-corrected chi connectivity index (χ1v) is 8.42. The molecule has 0 saturated carbocycles. The Bertz CT molecular complexity index is 476. The molecule has 0 unspecified atom stereocenters. The van der Waals surface area contributed by atoms with E-state index in [0.717, 1.165) is 59.2 Å². The second-order valence-electron chi connectivity index (χ2n) is 6.59. The quantitative estimate of drug-likeness (QED) is 0.854. The van der Waals surface area contributed by atoms with Crippen LogP contribution in [0.3, 0.4) is 0 Å². The number of piperazine rings is 1. The molecule has 0 aliphatic carbocycles. The van der Waals surface area contributed by atoms with E-state index in [1.165, 1.54) is 16.8 Å². The first-order valence-electron chi connectivity index (χ1n) is 8.42. The number of benzene rings is 1. The molecule has 2 saturated heterocycles. The summed E-state index contributed by atoms with van der Waals surface area (Å²) < 4.78 is 11.2. The molecule has 1 aromatic carbocycles. The highest BCUT2D eigenvalue weighted by Gasteiger charge is 2.22. The van der Waals surface area contributed by atoms with Gasteiger partial charge in [-0.15, -0.1) is 0 Å². The average molecular weight is 304 g/mol. The molecule has 0 atom stereocenters. The maximum absolute atomic E-state index is 5.61. The summed E-state index contributed by atoms with van der Waals surface area (Å²) >= 11 is 0. The van der Waals surface area contributed by atoms with Gasteiger partial charge in [0.25, 0.3) is 0 Å². The molecule has 0 radical (unpaired) electrons. The highest BCUT2D eigenvalue weighted by molar-refractivity contribution is 5.55. The van der Waals surface area contributed by atoms with Crippen molar-refractivity contribution < 1.29 is 9.47 Å². The lowest BCUT2D eigenvalue weighted by Crippen LogP contribution is -2.48. The van der Waals surface area contributed by atoms with Gasteiger partial charge in [-0.1, -0.05) is 12.1 Å². The van der Waals surface area contributed by atoms with E-state index in [1.807, 2.05) is 0 Å². The van der Waals surface area contributed by atoms with Crippen LogP contribution < -0.4 is 4.90 Å². The fourth-order valence-electron chi connectivity index (χ4n) is 3.37. The molecule has 22 heavy (non-hydrogen) atoms. The van der Waals surface area contributed by atoms with Crippen molar-refractivity contribution in [3.63, 3.8) is 0 Å². The van der Waals surface area contributed by atoms with Crippen molar-refractivity contribution in [1.82, 2.24) is 4.90 Å². The molecule has 122 valence electrons. The van der Waals surface area contributed by atoms with Gasteiger partial charge in [0.05, 0.1) is 26.4 Å². The Morgan fingerprint density at radius 1 is 1.00 bits per heavy atom. The van der Waals surface area contributed by atoms with E-state index >= 15 is 0 Å². The predicted octanol–water partition coefficient (Wildman–Crippen LogP) is 2.09. The molecule has 2 aliphatic rings. The van der Waals surface area contributed by atoms with Gasteiger partial charge in [-0.3, -0.25) is 4.90 Å². The van der Waals surface area contributed by atoms with Gasteiger partial charge >= 0.3 is 0 Å². The number of nitrogens with zero attached hydrogens (tertiary/aromatic N) is 2. The summed E-state index contributed by atoms with van der Waals surface area (Å²) in [5.74, 6) is 0.523. The second-order valence-corrected chi connectivity index (χ2v) is 6.59. The van der Waals surface area contributed by atoms with Gasteiger partial charge in [-0.25, -0.2) is 0 Å². The number of ether oxygens (including phenoxy) is 2. The van der Waals surface area contributed by atoms with Crippen LogP contribution in [-0.2, 0) is 9.47 Å². The Kier molecular flexibility index (Phi) is 5.34. The smallest absolute Gasteiger partial charge is 0.0700 e. The molecule has 3 rings (SSSR count). The van der Waals surface area contributed by atoms with Crippen LogP contribution >= 0.6 is 0 Å². The average Bonchev–Trinajstić information content (AvgIpc) is 2.79. The predicted molar refractivity (Wildman–Crippen MR) is 89.7 cm³/mol. The summed E-state index contributed by atoms with van der Waals surface area (Å²) in [5.41, 5.74) is 4.13. The van der Waals surface area contributed by atoms with E-state index in [0.29, 0.717) is 5.92 Å². The Hall–Kier alpha value is -1.10. The van der Waals surface area contributed by atoms with Crippen LogP contribution in [0.2, 0.25) is 0 Å². The topological polar surface area (TPSA) is 24.9 Å². The standard InChI is InChI=1S/C18H28N2O2/c1-15-3-4-16(2)18(11-15)20-7-5-19(6-8-20)12-17-13-21-9-10-22-14-17/h3-4,11,17H,5-10,12-14H2,1-2H3. The molecular weight excluding hydrogens is 276 g/mol. The zero-order valence-corrected chi connectivity index (χ0v) is 13.9. The zero-order valence-electron chi connectivity index (χ0n) is 13.9. The number of hydrogen-bond acceptors (Lipinski definition) is 4. The third-order valence-electron chi connectivity index (χ3n) is 4.67. The van der Waals surface area contributed by atoms with E-state index in [9.17, 15) is 0 Å². The van der Waals surface area contributed by atoms with Crippen LogP contribution in [0.25, 0.3) is 0 Å². The monoisotopic (exact) mass is 304 g/mol. The van der Waals surface area contributed by atoms with Crippen LogP contribution in [0, 0.1) is 19.8 Å². The highest BCUT2D eigenvalue weighted by Crippen LogP contribution is 2.23. The molecule has 1 aromatic rings. The van der Waals surface area contributed by atoms with Crippen LogP contribution in [0.5, 0.6) is 0 Å². The lowest BCUT2D eigenvalue weighted by molar-refractivity contribution is 0.102. The minimum atomic E-state index is 0.523. The van der Waals surface area contributed by atoms with E-state index in [4.69, 9.17) is 9.47 Å². The molecule has 2 aliphatic heterocycles. The normalized spacial score (nSPS) is 21.8. The maximum Gasteiger partial charge on any atom is 0.0700 e. The minimum absolute atomic E-state index is 0.523. The summed E-state index contributed by atoms with van der Waals surface area (Å²) in [5, 5.41) is 0. The zero-order chi connectivity index (χ0) is 15.4. The Morgan fingerprint density at radius 3 is 2.36 bits per heavy atom. The van der Waals surface area contributed by atoms with E-state index in [2.05, 4.69) is 41.8 Å². The maximum atomic E-state index is 5.61. The molecule has 4 heteroatoms. The van der Waals surface area contributed by atoms with Crippen molar-refractivity contribution >= 4 is 5.69 Å². The SMILES string of the molecule is Cc1ccc(C)c(N2CCN(CC3COCCOC3)CC2)c1. The fraction of sp³-hybridized carbons (Fsp3) is 0.667. The van der Waals surface area contributed by atoms with Crippen LogP contribution in [0.15, 0.2) is 18.2 Å². The number of rotatable bonds is 3. The van der Waals surface area contributed by atoms with Crippen LogP contribution in [0.4, 0.5) is 5.69 Å².